The van der Waals surface area contributed by atoms with Crippen molar-refractivity contribution in [3.63, 3.8) is 0 Å². The fourth-order valence-electron chi connectivity index (χ4n) is 4.15. The Morgan fingerprint density at radius 3 is 2.56 bits per heavy atom. The van der Waals surface area contributed by atoms with Gasteiger partial charge in [-0.3, -0.25) is 4.79 Å². The number of carbonyl (C=O) groups excluding carboxylic acids is 1. The second kappa shape index (κ2) is 8.70. The molecule has 2 atom stereocenters. The second-order valence-corrected chi connectivity index (χ2v) is 9.90. The Morgan fingerprint density at radius 1 is 1.19 bits per heavy atom. The van der Waals surface area contributed by atoms with Crippen molar-refractivity contribution in [2.24, 2.45) is 4.99 Å². The molecular weight excluding hydrogens is 426 g/mol. The first-order valence-corrected chi connectivity index (χ1v) is 11.6. The third-order valence-electron chi connectivity index (χ3n) is 6.38. The lowest BCUT2D eigenvalue weighted by Crippen LogP contribution is -2.42. The van der Waals surface area contributed by atoms with Gasteiger partial charge in [0.25, 0.3) is 11.1 Å². The van der Waals surface area contributed by atoms with Crippen LogP contribution in [0, 0.1) is 20.8 Å². The number of rotatable bonds is 5. The molecule has 2 heterocycles. The first-order chi connectivity index (χ1) is 15.2. The number of thioether (sulfide) groups is 1. The van der Waals surface area contributed by atoms with Crippen LogP contribution in [0.4, 0.5) is 0 Å². The predicted molar refractivity (Wildman–Crippen MR) is 126 cm³/mol. The number of hydrogen-bond acceptors (Lipinski definition) is 6. The second-order valence-electron chi connectivity index (χ2n) is 8.75. The summed E-state index contributed by atoms with van der Waals surface area (Å²) in [5.41, 5.74) is 4.44. The molecule has 2 unspecified atom stereocenters. The molecule has 0 spiro atoms. The lowest BCUT2D eigenvalue weighted by Gasteiger charge is -2.37. The Labute approximate surface area is 193 Å². The molecule has 2 aromatic carbocycles. The Hall–Kier alpha value is -2.67. The number of nitrogens with zero attached hydrogens (tertiary/aromatic N) is 1. The minimum Gasteiger partial charge on any atom is -0.507 e. The highest BCUT2D eigenvalue weighted by Crippen LogP contribution is 2.43. The summed E-state index contributed by atoms with van der Waals surface area (Å²) in [6.45, 7) is 8.35. The summed E-state index contributed by atoms with van der Waals surface area (Å²) >= 11 is 1.36. The van der Waals surface area contributed by atoms with Gasteiger partial charge in [-0.15, -0.1) is 0 Å². The summed E-state index contributed by atoms with van der Waals surface area (Å²) in [4.78, 5) is 15.9. The number of phenols is 1. The van der Waals surface area contributed by atoms with E-state index in [0.717, 1.165) is 52.2 Å². The van der Waals surface area contributed by atoms with Crippen molar-refractivity contribution in [3.8, 4) is 17.2 Å². The highest BCUT2D eigenvalue weighted by molar-refractivity contribution is 8.15. The molecule has 2 aromatic rings. The fraction of sp³-hybridized carbons (Fsp3) is 0.440. The van der Waals surface area contributed by atoms with Crippen LogP contribution in [0.15, 0.2) is 29.3 Å². The quantitative estimate of drug-likeness (QED) is 0.706. The van der Waals surface area contributed by atoms with E-state index >= 15 is 0 Å². The van der Waals surface area contributed by atoms with E-state index in [2.05, 4.69) is 11.9 Å². The Balaban J connectivity index is 1.39. The molecule has 0 aromatic heterocycles. The molecule has 0 saturated carbocycles. The van der Waals surface area contributed by atoms with Gasteiger partial charge in [-0.2, -0.15) is 4.99 Å². The maximum Gasteiger partial charge on any atom is 0.263 e. The van der Waals surface area contributed by atoms with Gasteiger partial charge in [-0.25, -0.2) is 0 Å². The number of methoxy groups -OCH3 is 1. The zero-order valence-corrected chi connectivity index (χ0v) is 20.0. The third-order valence-corrected chi connectivity index (χ3v) is 7.49. The molecule has 7 heteroatoms. The van der Waals surface area contributed by atoms with Crippen molar-refractivity contribution in [1.29, 1.82) is 0 Å². The van der Waals surface area contributed by atoms with Crippen LogP contribution in [-0.4, -0.2) is 40.8 Å². The number of aliphatic imine (C=N–C) groups is 1. The van der Waals surface area contributed by atoms with E-state index in [4.69, 9.17) is 14.2 Å². The van der Waals surface area contributed by atoms with Crippen molar-refractivity contribution < 1.29 is 24.1 Å². The van der Waals surface area contributed by atoms with E-state index in [1.54, 1.807) is 0 Å². The van der Waals surface area contributed by atoms with Gasteiger partial charge in [0.05, 0.1) is 12.4 Å². The first kappa shape index (κ1) is 22.5. The summed E-state index contributed by atoms with van der Waals surface area (Å²) < 4.78 is 17.6. The van der Waals surface area contributed by atoms with Gasteiger partial charge < -0.3 is 19.3 Å². The van der Waals surface area contributed by atoms with E-state index in [9.17, 15) is 9.90 Å². The molecule has 0 radical (unpaired) electrons. The van der Waals surface area contributed by atoms with E-state index in [1.807, 2.05) is 45.0 Å². The van der Waals surface area contributed by atoms with Crippen LogP contribution in [0.1, 0.15) is 41.2 Å². The highest BCUT2D eigenvalue weighted by atomic mass is 32.2. The molecule has 0 saturated heterocycles. The summed E-state index contributed by atoms with van der Waals surface area (Å²) in [6, 6.07) is 7.81. The summed E-state index contributed by atoms with van der Waals surface area (Å²) in [5, 5.41) is 10.6. The van der Waals surface area contributed by atoms with Crippen LogP contribution in [0.2, 0.25) is 0 Å². The van der Waals surface area contributed by atoms with Gasteiger partial charge in [0.15, 0.2) is 0 Å². The minimum atomic E-state index is -0.451. The number of fused-ring (bicyclic) bond motifs is 1. The summed E-state index contributed by atoms with van der Waals surface area (Å²) in [7, 11) is 1.52. The molecule has 32 heavy (non-hydrogen) atoms. The molecule has 170 valence electrons. The number of hydrogen-bond donors (Lipinski definition) is 1. The zero-order valence-electron chi connectivity index (χ0n) is 19.2. The van der Waals surface area contributed by atoms with E-state index in [0.29, 0.717) is 24.0 Å². The van der Waals surface area contributed by atoms with Crippen LogP contribution >= 0.6 is 11.8 Å². The van der Waals surface area contributed by atoms with Gasteiger partial charge in [0.1, 0.15) is 29.5 Å². The molecule has 2 aliphatic rings. The largest absolute Gasteiger partial charge is 0.507 e. The standard InChI is InChI=1S/C25H29NO5S/c1-14-15(2)22-19(16(3)21(14)27)10-11-25(4,31-22)13-30-18-8-6-17(7-9-18)12-20-23(28)26-24(29-5)32-20/h6-9,20,27H,10-13H2,1-5H3. The molecule has 4 rings (SSSR count). The van der Waals surface area contributed by atoms with Crippen molar-refractivity contribution in [3.05, 3.63) is 52.1 Å². The van der Waals surface area contributed by atoms with Crippen LogP contribution in [0.25, 0.3) is 0 Å². The topological polar surface area (TPSA) is 77.4 Å². The number of carbonyl (C=O) groups is 1. The van der Waals surface area contributed by atoms with Crippen molar-refractivity contribution in [1.82, 2.24) is 0 Å². The first-order valence-electron chi connectivity index (χ1n) is 10.8. The Morgan fingerprint density at radius 2 is 1.91 bits per heavy atom. The smallest absolute Gasteiger partial charge is 0.263 e. The van der Waals surface area contributed by atoms with Crippen molar-refractivity contribution >= 4 is 22.9 Å². The van der Waals surface area contributed by atoms with E-state index in [1.165, 1.54) is 18.9 Å². The summed E-state index contributed by atoms with van der Waals surface area (Å²) in [6.07, 6.45) is 2.25. The van der Waals surface area contributed by atoms with E-state index in [-0.39, 0.29) is 11.2 Å². The maximum absolute atomic E-state index is 12.0. The molecule has 2 aliphatic heterocycles. The lowest BCUT2D eigenvalue weighted by atomic mass is 9.87. The monoisotopic (exact) mass is 455 g/mol. The summed E-state index contributed by atoms with van der Waals surface area (Å²) in [5.74, 6) is 1.86. The van der Waals surface area contributed by atoms with Crippen LogP contribution in [0.3, 0.4) is 0 Å². The average molecular weight is 456 g/mol. The predicted octanol–water partition coefficient (Wildman–Crippen LogP) is 4.67. The van der Waals surface area contributed by atoms with Crippen LogP contribution < -0.4 is 9.47 Å². The Bertz CT molecular complexity index is 1080. The van der Waals surface area contributed by atoms with Crippen molar-refractivity contribution in [2.45, 2.75) is 57.8 Å². The third kappa shape index (κ3) is 4.31. The number of phenolic OH excluding ortho intramolecular Hbond substituents is 1. The number of aromatic hydroxyl groups is 1. The molecule has 0 fully saturated rings. The lowest BCUT2D eigenvalue weighted by molar-refractivity contribution is -0.117. The normalized spacial score (nSPS) is 22.2. The highest BCUT2D eigenvalue weighted by Gasteiger charge is 2.35. The molecule has 6 nitrogen and oxygen atoms in total. The van der Waals surface area contributed by atoms with Gasteiger partial charge in [-0.05, 0) is 81.3 Å². The molecular formula is C25H29NO5S. The fourth-order valence-corrected chi connectivity index (χ4v) is 5.06. The average Bonchev–Trinajstić information content (AvgIpc) is 3.15. The zero-order chi connectivity index (χ0) is 23.0. The van der Waals surface area contributed by atoms with Crippen LogP contribution in [0.5, 0.6) is 17.2 Å². The van der Waals surface area contributed by atoms with Gasteiger partial charge >= 0.3 is 0 Å². The van der Waals surface area contributed by atoms with Crippen molar-refractivity contribution in [2.75, 3.05) is 13.7 Å². The van der Waals surface area contributed by atoms with Gasteiger partial charge in [-0.1, -0.05) is 23.9 Å². The molecule has 1 N–H and O–H groups in total. The number of amides is 1. The Kier molecular flexibility index (Phi) is 6.12. The SMILES string of the molecule is COC1=NC(=O)C(Cc2ccc(OCC3(C)CCc4c(C)c(O)c(C)c(C)c4O3)cc2)S1. The van der Waals surface area contributed by atoms with E-state index < -0.39 is 5.60 Å². The van der Waals surface area contributed by atoms with Gasteiger partial charge in [0.2, 0.25) is 0 Å². The van der Waals surface area contributed by atoms with Gasteiger partial charge in [0, 0.05) is 5.56 Å². The molecule has 0 bridgehead atoms. The molecule has 0 aliphatic carbocycles. The maximum atomic E-state index is 12.0. The minimum absolute atomic E-state index is 0.149. The number of ether oxygens (including phenoxy) is 3. The molecule has 1 amide bonds. The van der Waals surface area contributed by atoms with Crippen LogP contribution in [-0.2, 0) is 22.4 Å². The number of benzene rings is 2.